The van der Waals surface area contributed by atoms with Gasteiger partial charge in [-0.3, -0.25) is 9.69 Å². The van der Waals surface area contributed by atoms with E-state index in [2.05, 4.69) is 27.3 Å². The number of hydrogen-bond donors (Lipinski definition) is 1. The quantitative estimate of drug-likeness (QED) is 0.883. The molecule has 1 unspecified atom stereocenters. The molecule has 0 saturated carbocycles. The van der Waals surface area contributed by atoms with E-state index in [9.17, 15) is 4.79 Å². The largest absolute Gasteiger partial charge is 0.339 e. The molecule has 2 aliphatic heterocycles. The number of piperidine rings is 1. The molecule has 2 aromatic heterocycles. The van der Waals surface area contributed by atoms with Gasteiger partial charge in [0.1, 0.15) is 0 Å². The minimum atomic E-state index is 0.0111. The summed E-state index contributed by atoms with van der Waals surface area (Å²) < 4.78 is 5.49. The van der Waals surface area contributed by atoms with E-state index in [1.807, 2.05) is 22.4 Å². The Balaban J connectivity index is 1.33. The third-order valence-electron chi connectivity index (χ3n) is 5.32. The van der Waals surface area contributed by atoms with Crippen LogP contribution in [0.1, 0.15) is 38.1 Å². The average molecular weight is 375 g/mol. The number of amides is 1. The zero-order chi connectivity index (χ0) is 17.9. The molecule has 2 aromatic rings. The Bertz CT molecular complexity index is 718. The highest BCUT2D eigenvalue weighted by molar-refractivity contribution is 7.13. The molecule has 0 spiro atoms. The van der Waals surface area contributed by atoms with E-state index in [-0.39, 0.29) is 18.0 Å². The lowest BCUT2D eigenvalue weighted by molar-refractivity contribution is -0.136. The van der Waals surface area contributed by atoms with E-state index in [4.69, 9.17) is 4.52 Å². The van der Waals surface area contributed by atoms with Gasteiger partial charge in [0, 0.05) is 26.2 Å². The summed E-state index contributed by atoms with van der Waals surface area (Å²) in [6.07, 6.45) is 3.28. The Morgan fingerprint density at radius 1 is 1.35 bits per heavy atom. The Morgan fingerprint density at radius 2 is 2.19 bits per heavy atom. The van der Waals surface area contributed by atoms with Crippen molar-refractivity contribution in [3.05, 3.63) is 23.4 Å². The third-order valence-corrected chi connectivity index (χ3v) is 6.19. The molecule has 0 bridgehead atoms. The maximum Gasteiger partial charge on any atom is 0.244 e. The first-order valence-corrected chi connectivity index (χ1v) is 10.2. The molecule has 4 rings (SSSR count). The van der Waals surface area contributed by atoms with Crippen LogP contribution in [0.15, 0.2) is 22.0 Å². The van der Waals surface area contributed by atoms with Gasteiger partial charge < -0.3 is 14.7 Å². The van der Waals surface area contributed by atoms with E-state index < -0.39 is 0 Å². The van der Waals surface area contributed by atoms with Crippen molar-refractivity contribution in [2.75, 3.05) is 32.7 Å². The van der Waals surface area contributed by atoms with Crippen LogP contribution in [-0.2, 0) is 4.79 Å². The van der Waals surface area contributed by atoms with Crippen LogP contribution in [0.4, 0.5) is 0 Å². The first-order valence-electron chi connectivity index (χ1n) is 9.36. The zero-order valence-electron chi connectivity index (χ0n) is 15.1. The van der Waals surface area contributed by atoms with Crippen LogP contribution in [0.25, 0.3) is 10.7 Å². The highest BCUT2D eigenvalue weighted by atomic mass is 32.1. The third kappa shape index (κ3) is 3.67. The average Bonchev–Trinajstić information content (AvgIpc) is 3.39. The molecule has 140 valence electrons. The van der Waals surface area contributed by atoms with Crippen molar-refractivity contribution in [3.8, 4) is 10.7 Å². The molecule has 0 radical (unpaired) electrons. The highest BCUT2D eigenvalue weighted by Gasteiger charge is 2.31. The van der Waals surface area contributed by atoms with E-state index in [1.165, 1.54) is 6.42 Å². The van der Waals surface area contributed by atoms with E-state index >= 15 is 0 Å². The number of nitrogens with zero attached hydrogens (tertiary/aromatic N) is 4. The van der Waals surface area contributed by atoms with Gasteiger partial charge in [0.2, 0.25) is 17.6 Å². The van der Waals surface area contributed by atoms with Crippen LogP contribution in [-0.4, -0.2) is 64.6 Å². The number of piperazine rings is 1. The molecule has 0 aliphatic carbocycles. The second kappa shape index (κ2) is 7.85. The molecule has 0 aromatic carbocycles. The predicted molar refractivity (Wildman–Crippen MR) is 99.8 cm³/mol. The van der Waals surface area contributed by atoms with Crippen LogP contribution in [0, 0.1) is 0 Å². The van der Waals surface area contributed by atoms with Gasteiger partial charge in [-0.15, -0.1) is 11.3 Å². The number of nitrogens with one attached hydrogen (secondary N) is 1. The molecule has 1 N–H and O–H groups in total. The highest BCUT2D eigenvalue weighted by Crippen LogP contribution is 2.26. The molecule has 2 atom stereocenters. The second-order valence-electron chi connectivity index (χ2n) is 6.97. The molecule has 8 heteroatoms. The monoisotopic (exact) mass is 375 g/mol. The number of aromatic nitrogens is 2. The van der Waals surface area contributed by atoms with Crippen molar-refractivity contribution >= 4 is 17.2 Å². The fraction of sp³-hybridized carbons (Fsp3) is 0.611. The Labute approximate surface area is 157 Å². The van der Waals surface area contributed by atoms with Gasteiger partial charge in [0.15, 0.2) is 0 Å². The Hall–Kier alpha value is -1.77. The van der Waals surface area contributed by atoms with Gasteiger partial charge in [-0.2, -0.15) is 4.98 Å². The van der Waals surface area contributed by atoms with Crippen molar-refractivity contribution in [1.29, 1.82) is 0 Å². The fourth-order valence-corrected chi connectivity index (χ4v) is 4.33. The lowest BCUT2D eigenvalue weighted by atomic mass is 10.0. The molecular weight excluding hydrogens is 350 g/mol. The minimum absolute atomic E-state index is 0.0111. The van der Waals surface area contributed by atoms with Crippen LogP contribution in [0.3, 0.4) is 0 Å². The normalized spacial score (nSPS) is 23.1. The molecule has 1 amide bonds. The predicted octanol–water partition coefficient (Wildman–Crippen LogP) is 2.15. The van der Waals surface area contributed by atoms with Gasteiger partial charge in [-0.1, -0.05) is 17.6 Å². The molecular formula is C18H25N5O2S. The zero-order valence-corrected chi connectivity index (χ0v) is 15.9. The maximum absolute atomic E-state index is 12.6. The molecule has 2 aliphatic rings. The van der Waals surface area contributed by atoms with E-state index in [1.54, 1.807) is 11.3 Å². The summed E-state index contributed by atoms with van der Waals surface area (Å²) in [4.78, 5) is 22.5. The van der Waals surface area contributed by atoms with Crippen molar-refractivity contribution in [2.24, 2.45) is 0 Å². The van der Waals surface area contributed by atoms with Crippen LogP contribution in [0.5, 0.6) is 0 Å². The topological polar surface area (TPSA) is 74.5 Å². The molecule has 2 saturated heterocycles. The Morgan fingerprint density at radius 3 is 2.88 bits per heavy atom. The summed E-state index contributed by atoms with van der Waals surface area (Å²) in [6.45, 7) is 6.22. The standard InChI is InChI=1S/C18H25N5O2S/c1-13(17-20-16(21-25-17)15-6-4-12-26-15)22-8-10-23(11-9-22)18(24)14-5-2-3-7-19-14/h4,6,12-14,19H,2-3,5,7-11H2,1H3/t13?,14-/m1/s1. The molecule has 7 nitrogen and oxygen atoms in total. The first-order chi connectivity index (χ1) is 12.7. The number of thiophene rings is 1. The first kappa shape index (κ1) is 17.6. The SMILES string of the molecule is CC(c1nc(-c2cccs2)no1)N1CCN(C(=O)[C@H]2CCCCN2)CC1. The summed E-state index contributed by atoms with van der Waals surface area (Å²) in [5, 5.41) is 9.46. The Kier molecular flexibility index (Phi) is 5.33. The number of rotatable bonds is 4. The van der Waals surface area contributed by atoms with Crippen molar-refractivity contribution in [2.45, 2.75) is 38.3 Å². The number of hydrogen-bond acceptors (Lipinski definition) is 7. The fourth-order valence-electron chi connectivity index (χ4n) is 3.68. The second-order valence-corrected chi connectivity index (χ2v) is 7.92. The number of carbonyl (C=O) groups excluding carboxylic acids is 1. The van der Waals surface area contributed by atoms with Gasteiger partial charge >= 0.3 is 0 Å². The summed E-state index contributed by atoms with van der Waals surface area (Å²) in [7, 11) is 0. The molecule has 4 heterocycles. The van der Waals surface area contributed by atoms with Crippen LogP contribution < -0.4 is 5.32 Å². The van der Waals surface area contributed by atoms with Gasteiger partial charge in [0.25, 0.3) is 0 Å². The van der Waals surface area contributed by atoms with E-state index in [0.717, 1.165) is 50.4 Å². The molecule has 2 fully saturated rings. The van der Waals surface area contributed by atoms with Crippen molar-refractivity contribution < 1.29 is 9.32 Å². The van der Waals surface area contributed by atoms with Gasteiger partial charge in [-0.05, 0) is 37.8 Å². The van der Waals surface area contributed by atoms with Crippen molar-refractivity contribution in [1.82, 2.24) is 25.3 Å². The lowest BCUT2D eigenvalue weighted by Crippen LogP contribution is -2.55. The van der Waals surface area contributed by atoms with Gasteiger partial charge in [0.05, 0.1) is 17.0 Å². The lowest BCUT2D eigenvalue weighted by Gasteiger charge is -2.38. The van der Waals surface area contributed by atoms with Crippen LogP contribution in [0.2, 0.25) is 0 Å². The summed E-state index contributed by atoms with van der Waals surface area (Å²) >= 11 is 1.60. The smallest absolute Gasteiger partial charge is 0.244 e. The summed E-state index contributed by atoms with van der Waals surface area (Å²) in [5.41, 5.74) is 0. The summed E-state index contributed by atoms with van der Waals surface area (Å²) in [6, 6.07) is 4.04. The van der Waals surface area contributed by atoms with Crippen molar-refractivity contribution in [3.63, 3.8) is 0 Å². The van der Waals surface area contributed by atoms with Crippen LogP contribution >= 0.6 is 11.3 Å². The maximum atomic E-state index is 12.6. The van der Waals surface area contributed by atoms with E-state index in [0.29, 0.717) is 11.7 Å². The molecule has 26 heavy (non-hydrogen) atoms. The summed E-state index contributed by atoms with van der Waals surface area (Å²) in [5.74, 6) is 1.55. The number of carbonyl (C=O) groups is 1. The van der Waals surface area contributed by atoms with Gasteiger partial charge in [-0.25, -0.2) is 0 Å². The minimum Gasteiger partial charge on any atom is -0.339 e.